The van der Waals surface area contributed by atoms with Crippen molar-refractivity contribution in [2.45, 2.75) is 45.8 Å². The molecule has 4 rings (SSSR count). The van der Waals surface area contributed by atoms with Gasteiger partial charge in [-0.2, -0.15) is 0 Å². The average Bonchev–Trinajstić information content (AvgIpc) is 3.44. The Morgan fingerprint density at radius 1 is 1.11 bits per heavy atom. The second-order valence-corrected chi connectivity index (χ2v) is 12.3. The number of nitro benzene ring substituents is 1. The standard InChI is InChI=1S/C32H33Cl3N6O3S/c1-3-21(2)29(38-30(42)15-27-16-36-20-40(27)17-22-10-12-26(13-11-22)41(43)44)19-39(18-23-6-4-9-28(34)31(23)35)32(45)37-25-8-5-7-24(33)14-25/h4-14,16,20-21,29H,3,15,17-19H2,1-2H3,(H,37,45)(H,38,42)/t21-,29+/m0/s1. The Labute approximate surface area is 282 Å². The Morgan fingerprint density at radius 3 is 2.53 bits per heavy atom. The Morgan fingerprint density at radius 2 is 1.84 bits per heavy atom. The number of benzene rings is 3. The van der Waals surface area contributed by atoms with Crippen molar-refractivity contribution in [1.29, 1.82) is 0 Å². The summed E-state index contributed by atoms with van der Waals surface area (Å²) in [5, 5.41) is 19.4. The predicted molar refractivity (Wildman–Crippen MR) is 184 cm³/mol. The van der Waals surface area contributed by atoms with Crippen molar-refractivity contribution in [2.75, 3.05) is 11.9 Å². The first kappa shape index (κ1) is 34.2. The lowest BCUT2D eigenvalue weighted by molar-refractivity contribution is -0.384. The monoisotopic (exact) mass is 686 g/mol. The highest BCUT2D eigenvalue weighted by Gasteiger charge is 2.25. The average molecular weight is 688 g/mol. The number of thiocarbonyl (C=S) groups is 1. The SMILES string of the molecule is CC[C@H](C)[C@@H](CN(Cc1cccc(Cl)c1Cl)C(=S)Nc1cccc(Cl)c1)NC(=O)Cc1cncn1Cc1ccc([N+](=O)[O-])cc1. The maximum absolute atomic E-state index is 13.5. The number of non-ortho nitro benzene ring substituents is 1. The first-order valence-electron chi connectivity index (χ1n) is 14.3. The van der Waals surface area contributed by atoms with Gasteiger partial charge in [0.2, 0.25) is 5.91 Å². The molecule has 3 aromatic carbocycles. The van der Waals surface area contributed by atoms with Gasteiger partial charge in [-0.25, -0.2) is 4.98 Å². The molecule has 45 heavy (non-hydrogen) atoms. The zero-order chi connectivity index (χ0) is 32.5. The van der Waals surface area contributed by atoms with E-state index in [1.165, 1.54) is 12.1 Å². The number of halogens is 3. The fourth-order valence-corrected chi connectivity index (χ4v) is 5.56. The van der Waals surface area contributed by atoms with E-state index in [1.807, 2.05) is 33.7 Å². The van der Waals surface area contributed by atoms with Crippen LogP contribution in [-0.4, -0.2) is 43.0 Å². The topological polar surface area (TPSA) is 105 Å². The fourth-order valence-electron chi connectivity index (χ4n) is 4.73. The molecule has 0 unspecified atom stereocenters. The van der Waals surface area contributed by atoms with Crippen LogP contribution in [0.4, 0.5) is 11.4 Å². The van der Waals surface area contributed by atoms with Gasteiger partial charge in [-0.15, -0.1) is 0 Å². The van der Waals surface area contributed by atoms with Gasteiger partial charge in [0.25, 0.3) is 5.69 Å². The zero-order valence-corrected chi connectivity index (χ0v) is 27.8. The highest BCUT2D eigenvalue weighted by atomic mass is 35.5. The fraction of sp³-hybridized carbons (Fsp3) is 0.281. The highest BCUT2D eigenvalue weighted by Crippen LogP contribution is 2.27. The molecule has 0 spiro atoms. The minimum Gasteiger partial charge on any atom is -0.351 e. The van der Waals surface area contributed by atoms with Crippen LogP contribution in [-0.2, 0) is 24.3 Å². The molecule has 0 fully saturated rings. The largest absolute Gasteiger partial charge is 0.351 e. The molecular formula is C32H33Cl3N6O3S. The highest BCUT2D eigenvalue weighted by molar-refractivity contribution is 7.80. The van der Waals surface area contributed by atoms with Crippen LogP contribution in [0.3, 0.4) is 0 Å². The van der Waals surface area contributed by atoms with Crippen LogP contribution >= 0.6 is 47.0 Å². The molecule has 1 amide bonds. The quantitative estimate of drug-likeness (QED) is 0.0841. The number of nitro groups is 1. The number of hydrogen-bond acceptors (Lipinski definition) is 5. The van der Waals surface area contributed by atoms with Crippen LogP contribution in [0.1, 0.15) is 37.1 Å². The number of nitrogens with zero attached hydrogens (tertiary/aromatic N) is 4. The second-order valence-electron chi connectivity index (χ2n) is 10.7. The number of imidazole rings is 1. The molecule has 0 aliphatic carbocycles. The van der Waals surface area contributed by atoms with Crippen molar-refractivity contribution in [1.82, 2.24) is 19.8 Å². The maximum Gasteiger partial charge on any atom is 0.269 e. The molecule has 9 nitrogen and oxygen atoms in total. The normalized spacial score (nSPS) is 12.3. The molecule has 0 bridgehead atoms. The van der Waals surface area contributed by atoms with E-state index in [2.05, 4.69) is 29.5 Å². The predicted octanol–water partition coefficient (Wildman–Crippen LogP) is 7.77. The second kappa shape index (κ2) is 16.0. The van der Waals surface area contributed by atoms with E-state index in [9.17, 15) is 14.9 Å². The van der Waals surface area contributed by atoms with Crippen molar-refractivity contribution in [2.24, 2.45) is 5.92 Å². The summed E-state index contributed by atoms with van der Waals surface area (Å²) < 4.78 is 1.86. The third-order valence-corrected chi connectivity index (χ3v) is 8.94. The minimum atomic E-state index is -0.435. The van der Waals surface area contributed by atoms with Crippen LogP contribution in [0.25, 0.3) is 0 Å². The molecule has 2 atom stereocenters. The summed E-state index contributed by atoms with van der Waals surface area (Å²) in [7, 11) is 0. The Kier molecular flexibility index (Phi) is 12.2. The van der Waals surface area contributed by atoms with E-state index in [1.54, 1.807) is 42.9 Å². The summed E-state index contributed by atoms with van der Waals surface area (Å²) in [6, 6.07) is 18.8. The van der Waals surface area contributed by atoms with Gasteiger partial charge in [0, 0.05) is 60.4 Å². The number of anilines is 1. The molecule has 0 radical (unpaired) electrons. The summed E-state index contributed by atoms with van der Waals surface area (Å²) >= 11 is 24.9. The maximum atomic E-state index is 13.5. The molecular weight excluding hydrogens is 655 g/mol. The lowest BCUT2D eigenvalue weighted by Gasteiger charge is -2.33. The lowest BCUT2D eigenvalue weighted by atomic mass is 9.98. The third kappa shape index (κ3) is 9.64. The molecule has 1 aromatic heterocycles. The van der Waals surface area contributed by atoms with Gasteiger partial charge in [0.05, 0.1) is 27.7 Å². The zero-order valence-electron chi connectivity index (χ0n) is 24.8. The number of rotatable bonds is 13. The van der Waals surface area contributed by atoms with Gasteiger partial charge in [-0.1, -0.05) is 85.4 Å². The lowest BCUT2D eigenvalue weighted by Crippen LogP contribution is -2.50. The van der Waals surface area contributed by atoms with Crippen molar-refractivity contribution in [3.05, 3.63) is 121 Å². The Balaban J connectivity index is 1.50. The van der Waals surface area contributed by atoms with E-state index in [0.29, 0.717) is 39.8 Å². The molecule has 4 aromatic rings. The van der Waals surface area contributed by atoms with Crippen molar-refractivity contribution in [3.63, 3.8) is 0 Å². The van der Waals surface area contributed by atoms with Crippen LogP contribution in [0.5, 0.6) is 0 Å². The summed E-state index contributed by atoms with van der Waals surface area (Å²) in [4.78, 5) is 30.2. The molecule has 0 saturated heterocycles. The van der Waals surface area contributed by atoms with Crippen molar-refractivity contribution >= 4 is 69.4 Å². The smallest absolute Gasteiger partial charge is 0.269 e. The number of amides is 1. The number of carbonyl (C=O) groups is 1. The van der Waals surface area contributed by atoms with Gasteiger partial charge in [0.1, 0.15) is 0 Å². The number of carbonyl (C=O) groups excluding carboxylic acids is 1. The van der Waals surface area contributed by atoms with Gasteiger partial charge < -0.3 is 20.1 Å². The van der Waals surface area contributed by atoms with Gasteiger partial charge >= 0.3 is 0 Å². The van der Waals surface area contributed by atoms with Crippen molar-refractivity contribution < 1.29 is 9.72 Å². The van der Waals surface area contributed by atoms with E-state index in [-0.39, 0.29) is 30.0 Å². The van der Waals surface area contributed by atoms with Gasteiger partial charge in [-0.05, 0) is 53.5 Å². The number of hydrogen-bond donors (Lipinski definition) is 2. The molecule has 13 heteroatoms. The Hall–Kier alpha value is -3.70. The van der Waals surface area contributed by atoms with Crippen LogP contribution in [0.2, 0.25) is 15.1 Å². The number of aromatic nitrogens is 2. The Bertz CT molecular complexity index is 1650. The van der Waals surface area contributed by atoms with Gasteiger partial charge in [-0.3, -0.25) is 14.9 Å². The van der Waals surface area contributed by atoms with Crippen LogP contribution in [0.15, 0.2) is 79.3 Å². The summed E-state index contributed by atoms with van der Waals surface area (Å²) in [6.07, 6.45) is 4.22. The van der Waals surface area contributed by atoms with E-state index < -0.39 is 4.92 Å². The molecule has 236 valence electrons. The molecule has 0 aliphatic heterocycles. The third-order valence-electron chi connectivity index (χ3n) is 7.49. The first-order chi connectivity index (χ1) is 21.5. The van der Waals surface area contributed by atoms with E-state index in [4.69, 9.17) is 47.0 Å². The van der Waals surface area contributed by atoms with Gasteiger partial charge in [0.15, 0.2) is 5.11 Å². The molecule has 1 heterocycles. The van der Waals surface area contributed by atoms with Crippen LogP contribution < -0.4 is 10.6 Å². The molecule has 0 aliphatic rings. The summed E-state index contributed by atoms with van der Waals surface area (Å²) in [6.45, 7) is 5.34. The molecule has 0 saturated carbocycles. The van der Waals surface area contributed by atoms with Crippen LogP contribution in [0, 0.1) is 16.0 Å². The summed E-state index contributed by atoms with van der Waals surface area (Å²) in [5.41, 5.74) is 3.13. The van der Waals surface area contributed by atoms with Crippen molar-refractivity contribution in [3.8, 4) is 0 Å². The summed E-state index contributed by atoms with van der Waals surface area (Å²) in [5.74, 6) is -0.0505. The minimum absolute atomic E-state index is 0.0222. The number of nitrogens with one attached hydrogen (secondary N) is 2. The molecule has 2 N–H and O–H groups in total. The first-order valence-corrected chi connectivity index (χ1v) is 15.8. The van der Waals surface area contributed by atoms with E-state index >= 15 is 0 Å². The van der Waals surface area contributed by atoms with E-state index in [0.717, 1.165) is 28.9 Å².